The zero-order valence-corrected chi connectivity index (χ0v) is 30.6. The van der Waals surface area contributed by atoms with Crippen LogP contribution in [0.25, 0.3) is 22.8 Å². The van der Waals surface area contributed by atoms with Gasteiger partial charge in [-0.3, -0.25) is 19.9 Å². The molecule has 0 unspecified atom stereocenters. The predicted molar refractivity (Wildman–Crippen MR) is 157 cm³/mol. The SMILES string of the molecule is C#Cc1ccnc(-c2ccccn2)c1.F[P-](F)(F)(F)(F)F.F[P-](F)(F)(F)(F)F.F[P-](F)(F)(F)(F)F.F[P-](F)(F)(F)(F)F.[Ru+4].c1ccc(-c2ccccn2)nc1. The standard InChI is InChI=1S/C12H8N2.C10H8N2.4F6P.Ru/c1-2-10-6-8-14-12(9-10)11-5-3-4-7-13-11;1-3-7-11-9(5-1)10-6-2-4-8-12-10;4*1-7(2,3,4,5)6;/h1,3-9H;1-8H;;;;;/q;;4*-1;+4. The zero-order valence-electron chi connectivity index (χ0n) is 25.2. The molecule has 0 aromatic carbocycles. The Morgan fingerprint density at radius 2 is 0.564 bits per heavy atom. The fourth-order valence-electron chi connectivity index (χ4n) is 2.20. The van der Waals surface area contributed by atoms with E-state index >= 15 is 0 Å². The summed E-state index contributed by atoms with van der Waals surface area (Å²) in [5, 5.41) is 0. The number of rotatable bonds is 2. The van der Waals surface area contributed by atoms with E-state index in [2.05, 4.69) is 25.9 Å². The van der Waals surface area contributed by atoms with Crippen LogP contribution in [0.5, 0.6) is 0 Å². The van der Waals surface area contributed by atoms with E-state index < -0.39 is 31.2 Å². The molecule has 0 aliphatic carbocycles. The van der Waals surface area contributed by atoms with Crippen molar-refractivity contribution in [3.8, 4) is 35.1 Å². The van der Waals surface area contributed by atoms with Crippen LogP contribution in [0.1, 0.15) is 5.56 Å². The van der Waals surface area contributed by atoms with Gasteiger partial charge in [-0.2, -0.15) is 0 Å². The maximum Gasteiger partial charge on any atom is 4.00 e. The van der Waals surface area contributed by atoms with E-state index in [1.807, 2.05) is 60.7 Å². The van der Waals surface area contributed by atoms with E-state index in [1.54, 1.807) is 30.9 Å². The first kappa shape index (κ1) is 56.2. The third-order valence-electron chi connectivity index (χ3n) is 3.45. The van der Waals surface area contributed by atoms with Crippen molar-refractivity contribution in [1.82, 2.24) is 19.9 Å². The second kappa shape index (κ2) is 15.0. The van der Waals surface area contributed by atoms with Crippen molar-refractivity contribution in [3.63, 3.8) is 0 Å². The fraction of sp³-hybridized carbons (Fsp3) is 0. The molecule has 55 heavy (non-hydrogen) atoms. The van der Waals surface area contributed by atoms with Crippen LogP contribution in [0, 0.1) is 12.3 Å². The maximum atomic E-state index is 9.87. The summed E-state index contributed by atoms with van der Waals surface area (Å²) in [6.45, 7) is 0. The van der Waals surface area contributed by atoms with E-state index in [9.17, 15) is 101 Å². The smallest absolute Gasteiger partial charge is 0.255 e. The molecule has 0 fully saturated rings. The van der Waals surface area contributed by atoms with E-state index in [1.165, 1.54) is 0 Å². The third-order valence-corrected chi connectivity index (χ3v) is 3.45. The van der Waals surface area contributed by atoms with Crippen molar-refractivity contribution >= 4 is 31.2 Å². The van der Waals surface area contributed by atoms with E-state index in [0.717, 1.165) is 28.3 Å². The number of hydrogen-bond donors (Lipinski definition) is 0. The normalized spacial score (nSPS) is 16.3. The van der Waals surface area contributed by atoms with Gasteiger partial charge in [-0.05, 0) is 48.5 Å². The van der Waals surface area contributed by atoms with E-state index in [4.69, 9.17) is 6.42 Å². The molecule has 0 N–H and O–H groups in total. The van der Waals surface area contributed by atoms with Gasteiger partial charge in [-0.1, -0.05) is 24.1 Å². The number of pyridine rings is 4. The largest absolute Gasteiger partial charge is 4.00 e. The summed E-state index contributed by atoms with van der Waals surface area (Å²) in [5.74, 6) is 2.57. The zero-order chi connectivity index (χ0) is 43.7. The molecular formula is C22H16F24N4P4Ru. The summed E-state index contributed by atoms with van der Waals surface area (Å²) in [6.07, 6.45) is 12.3. The Balaban J connectivity index is -0.000000607. The molecule has 33 heteroatoms. The van der Waals surface area contributed by atoms with Crippen LogP contribution in [0.15, 0.2) is 91.5 Å². The van der Waals surface area contributed by atoms with Gasteiger partial charge in [0.15, 0.2) is 0 Å². The Morgan fingerprint density at radius 1 is 0.345 bits per heavy atom. The van der Waals surface area contributed by atoms with Crippen LogP contribution in [-0.2, 0) is 19.5 Å². The average Bonchev–Trinajstić information content (AvgIpc) is 2.88. The number of terminal acetylenes is 1. The van der Waals surface area contributed by atoms with Gasteiger partial charge in [0.2, 0.25) is 0 Å². The van der Waals surface area contributed by atoms with Gasteiger partial charge in [0.05, 0.1) is 22.8 Å². The van der Waals surface area contributed by atoms with Crippen LogP contribution >= 0.6 is 31.2 Å². The Bertz CT molecular complexity index is 1660. The molecule has 0 aliphatic heterocycles. The quantitative estimate of drug-likeness (QED) is 0.0869. The molecule has 0 radical (unpaired) electrons. The summed E-state index contributed by atoms with van der Waals surface area (Å²) >= 11 is 0. The van der Waals surface area contributed by atoms with Gasteiger partial charge in [-0.15, -0.1) is 6.42 Å². The second-order valence-corrected chi connectivity index (χ2v) is 16.7. The van der Waals surface area contributed by atoms with Crippen molar-refractivity contribution < 1.29 is 120 Å². The van der Waals surface area contributed by atoms with Crippen molar-refractivity contribution in [2.24, 2.45) is 0 Å². The Kier molecular flexibility index (Phi) is 15.3. The number of hydrogen-bond acceptors (Lipinski definition) is 4. The first-order chi connectivity index (χ1) is 22.7. The third kappa shape index (κ3) is 72.7. The summed E-state index contributed by atoms with van der Waals surface area (Å²) < 4.78 is 237. The molecule has 0 bridgehead atoms. The number of aromatic nitrogens is 4. The molecule has 4 rings (SSSR count). The Labute approximate surface area is 303 Å². The van der Waals surface area contributed by atoms with Crippen molar-refractivity contribution in [2.45, 2.75) is 0 Å². The molecule has 0 saturated heterocycles. The fourth-order valence-corrected chi connectivity index (χ4v) is 2.20. The summed E-state index contributed by atoms with van der Waals surface area (Å²) in [4.78, 5) is 16.8. The van der Waals surface area contributed by atoms with Crippen LogP contribution < -0.4 is 0 Å². The molecule has 0 saturated carbocycles. The van der Waals surface area contributed by atoms with Gasteiger partial charge >= 0.3 is 151 Å². The van der Waals surface area contributed by atoms with Crippen molar-refractivity contribution in [2.75, 3.05) is 0 Å². The van der Waals surface area contributed by atoms with Crippen LogP contribution in [0.2, 0.25) is 0 Å². The van der Waals surface area contributed by atoms with Gasteiger partial charge in [-0.25, -0.2) is 0 Å². The number of halogens is 24. The molecule has 4 aromatic heterocycles. The van der Waals surface area contributed by atoms with Gasteiger partial charge in [0.25, 0.3) is 0 Å². The monoisotopic (exact) mass is 1020 g/mol. The number of nitrogens with zero attached hydrogens (tertiary/aromatic N) is 4. The van der Waals surface area contributed by atoms with Gasteiger partial charge in [0, 0.05) is 30.4 Å². The predicted octanol–water partition coefficient (Wildman–Crippen LogP) is 17.8. The minimum Gasteiger partial charge on any atom is -0.255 e. The van der Waals surface area contributed by atoms with Crippen LogP contribution in [-0.4, -0.2) is 19.9 Å². The van der Waals surface area contributed by atoms with Crippen LogP contribution in [0.3, 0.4) is 0 Å². The molecule has 0 aliphatic rings. The molecule has 4 aromatic rings. The summed E-state index contributed by atoms with van der Waals surface area (Å²) in [5.41, 5.74) is 4.29. The Morgan fingerprint density at radius 3 is 0.764 bits per heavy atom. The minimum atomic E-state index is -10.7. The molecule has 0 atom stereocenters. The maximum absolute atomic E-state index is 10.7. The molecule has 320 valence electrons. The Hall–Kier alpha value is -3.18. The van der Waals surface area contributed by atoms with Crippen LogP contribution in [0.4, 0.5) is 101 Å². The van der Waals surface area contributed by atoms with E-state index in [0.29, 0.717) is 0 Å². The van der Waals surface area contributed by atoms with Crippen molar-refractivity contribution in [1.29, 1.82) is 0 Å². The molecule has 0 spiro atoms. The first-order valence-corrected chi connectivity index (χ1v) is 20.2. The topological polar surface area (TPSA) is 51.6 Å². The molecule has 4 heterocycles. The van der Waals surface area contributed by atoms with Gasteiger partial charge < -0.3 is 0 Å². The first-order valence-electron chi connectivity index (χ1n) is 12.1. The van der Waals surface area contributed by atoms with E-state index in [-0.39, 0.29) is 19.5 Å². The average molecular weight is 1020 g/mol. The summed E-state index contributed by atoms with van der Waals surface area (Å²) in [6, 6.07) is 20.9. The molecule has 0 amide bonds. The summed E-state index contributed by atoms with van der Waals surface area (Å²) in [7, 11) is -42.6. The molecule has 4 nitrogen and oxygen atoms in total. The second-order valence-electron chi connectivity index (χ2n) is 9.05. The minimum absolute atomic E-state index is 0. The van der Waals surface area contributed by atoms with Gasteiger partial charge in [0.1, 0.15) is 0 Å². The molecular weight excluding hydrogens is 1000 g/mol. The van der Waals surface area contributed by atoms with Crippen molar-refractivity contribution in [3.05, 3.63) is 97.1 Å².